The molecule has 1 aliphatic carbocycles. The maximum Gasteiger partial charge on any atom is 0.236 e. The summed E-state index contributed by atoms with van der Waals surface area (Å²) >= 11 is 1.44. The molecule has 0 radical (unpaired) electrons. The Morgan fingerprint density at radius 3 is 3.00 bits per heavy atom. The van der Waals surface area contributed by atoms with Gasteiger partial charge in [0.25, 0.3) is 0 Å². The van der Waals surface area contributed by atoms with Crippen molar-refractivity contribution < 1.29 is 13.7 Å². The van der Waals surface area contributed by atoms with Crippen LogP contribution in [0.1, 0.15) is 31.2 Å². The van der Waals surface area contributed by atoms with Crippen LogP contribution in [0.5, 0.6) is 0 Å². The first-order chi connectivity index (χ1) is 11.0. The van der Waals surface area contributed by atoms with Gasteiger partial charge in [-0.05, 0) is 38.3 Å². The first-order valence-electron chi connectivity index (χ1n) is 7.54. The van der Waals surface area contributed by atoms with E-state index in [2.05, 4.69) is 15.5 Å². The molecule has 1 amide bonds. The molecule has 0 saturated heterocycles. The molecule has 0 spiro atoms. The van der Waals surface area contributed by atoms with E-state index in [1.54, 1.807) is 19.1 Å². The van der Waals surface area contributed by atoms with E-state index in [1.807, 2.05) is 6.92 Å². The highest BCUT2D eigenvalue weighted by Crippen LogP contribution is 2.23. The molecule has 1 fully saturated rings. The third-order valence-electron chi connectivity index (χ3n) is 3.65. The number of thioether (sulfide) groups is 1. The number of aromatic nitrogens is 2. The van der Waals surface area contributed by atoms with Gasteiger partial charge in [0.05, 0.1) is 11.0 Å². The van der Waals surface area contributed by atoms with Gasteiger partial charge < -0.3 is 9.84 Å². The molecule has 3 rings (SSSR count). The normalized spacial score (nSPS) is 15.4. The highest BCUT2D eigenvalue weighted by atomic mass is 32.2. The number of carbonyl (C=O) groups is 1. The van der Waals surface area contributed by atoms with Crippen molar-refractivity contribution in [2.45, 2.75) is 43.7 Å². The van der Waals surface area contributed by atoms with E-state index in [0.29, 0.717) is 34.6 Å². The summed E-state index contributed by atoms with van der Waals surface area (Å²) in [5.41, 5.74) is 1.15. The quantitative estimate of drug-likeness (QED) is 0.878. The van der Waals surface area contributed by atoms with Crippen molar-refractivity contribution in [1.82, 2.24) is 15.5 Å². The standard InChI is InChI=1S/C16H18FN3O2S/c1-9-3-4-11(7-13(9)17)15-19-14(22-20-15)8-23-10(2)16(21)18-12-5-6-12/h3-4,7,10,12H,5-6,8H2,1-2H3,(H,18,21). The third-order valence-corrected chi connectivity index (χ3v) is 4.78. The van der Waals surface area contributed by atoms with Crippen LogP contribution in [-0.4, -0.2) is 27.3 Å². The summed E-state index contributed by atoms with van der Waals surface area (Å²) in [6.45, 7) is 3.56. The Kier molecular flexibility index (Phi) is 4.66. The zero-order valence-corrected chi connectivity index (χ0v) is 13.8. The number of halogens is 1. The minimum atomic E-state index is -0.298. The summed E-state index contributed by atoms with van der Waals surface area (Å²) in [7, 11) is 0. The second-order valence-electron chi connectivity index (χ2n) is 5.71. The largest absolute Gasteiger partial charge is 0.352 e. The molecule has 1 atom stereocenters. The summed E-state index contributed by atoms with van der Waals surface area (Å²) < 4.78 is 18.8. The van der Waals surface area contributed by atoms with E-state index in [9.17, 15) is 9.18 Å². The second kappa shape index (κ2) is 6.70. The van der Waals surface area contributed by atoms with Crippen LogP contribution in [0.25, 0.3) is 11.4 Å². The van der Waals surface area contributed by atoms with Gasteiger partial charge in [-0.1, -0.05) is 17.3 Å². The lowest BCUT2D eigenvalue weighted by Gasteiger charge is -2.09. The molecule has 23 heavy (non-hydrogen) atoms. The molecule has 122 valence electrons. The lowest BCUT2D eigenvalue weighted by Crippen LogP contribution is -2.32. The van der Waals surface area contributed by atoms with Gasteiger partial charge in [-0.2, -0.15) is 4.98 Å². The van der Waals surface area contributed by atoms with E-state index >= 15 is 0 Å². The molecule has 0 bridgehead atoms. The van der Waals surface area contributed by atoms with Gasteiger partial charge in [-0.15, -0.1) is 11.8 Å². The van der Waals surface area contributed by atoms with Crippen molar-refractivity contribution in [1.29, 1.82) is 0 Å². The highest BCUT2D eigenvalue weighted by molar-refractivity contribution is 7.99. The van der Waals surface area contributed by atoms with Crippen LogP contribution >= 0.6 is 11.8 Å². The van der Waals surface area contributed by atoms with E-state index in [-0.39, 0.29) is 17.0 Å². The SMILES string of the molecule is Cc1ccc(-c2noc(CSC(C)C(=O)NC3CC3)n2)cc1F. The first kappa shape index (κ1) is 16.0. The number of hydrogen-bond acceptors (Lipinski definition) is 5. The predicted molar refractivity (Wildman–Crippen MR) is 86.4 cm³/mol. The van der Waals surface area contributed by atoms with Crippen LogP contribution in [0.3, 0.4) is 0 Å². The molecular formula is C16H18FN3O2S. The average molecular weight is 335 g/mol. The second-order valence-corrected chi connectivity index (χ2v) is 7.04. The summed E-state index contributed by atoms with van der Waals surface area (Å²) in [5.74, 6) is 0.971. The van der Waals surface area contributed by atoms with Crippen LogP contribution < -0.4 is 5.32 Å². The van der Waals surface area contributed by atoms with Gasteiger partial charge in [-0.25, -0.2) is 4.39 Å². The number of nitrogens with zero attached hydrogens (tertiary/aromatic N) is 2. The Hall–Kier alpha value is -1.89. The summed E-state index contributed by atoms with van der Waals surface area (Å²) in [4.78, 5) is 16.1. The van der Waals surface area contributed by atoms with Crippen LogP contribution in [0.4, 0.5) is 4.39 Å². The average Bonchev–Trinajstić information content (AvgIpc) is 3.22. The Morgan fingerprint density at radius 2 is 2.30 bits per heavy atom. The molecule has 1 aromatic heterocycles. The van der Waals surface area contributed by atoms with Crippen LogP contribution in [0.2, 0.25) is 0 Å². The number of aryl methyl sites for hydroxylation is 1. The molecule has 0 aliphatic heterocycles. The van der Waals surface area contributed by atoms with E-state index in [4.69, 9.17) is 4.52 Å². The Balaban J connectivity index is 1.58. The summed E-state index contributed by atoms with van der Waals surface area (Å²) in [5, 5.41) is 6.66. The topological polar surface area (TPSA) is 68.0 Å². The molecule has 2 aromatic rings. The van der Waals surface area contributed by atoms with Crippen LogP contribution in [0, 0.1) is 12.7 Å². The fourth-order valence-corrected chi connectivity index (χ4v) is 2.71. The fraction of sp³-hybridized carbons (Fsp3) is 0.438. The monoisotopic (exact) mass is 335 g/mol. The fourth-order valence-electron chi connectivity index (χ4n) is 1.98. The molecule has 5 nitrogen and oxygen atoms in total. The number of carbonyl (C=O) groups excluding carboxylic acids is 1. The van der Waals surface area contributed by atoms with Crippen molar-refractivity contribution >= 4 is 17.7 Å². The maximum atomic E-state index is 13.6. The van der Waals surface area contributed by atoms with Gasteiger partial charge >= 0.3 is 0 Å². The van der Waals surface area contributed by atoms with Crippen molar-refractivity contribution in [2.24, 2.45) is 0 Å². The lowest BCUT2D eigenvalue weighted by molar-refractivity contribution is -0.120. The Morgan fingerprint density at radius 1 is 1.52 bits per heavy atom. The lowest BCUT2D eigenvalue weighted by atomic mass is 10.1. The molecule has 1 heterocycles. The van der Waals surface area contributed by atoms with Gasteiger partial charge in [0.2, 0.25) is 17.6 Å². The van der Waals surface area contributed by atoms with E-state index in [1.165, 1.54) is 17.8 Å². The van der Waals surface area contributed by atoms with E-state index < -0.39 is 0 Å². The predicted octanol–water partition coefficient (Wildman–Crippen LogP) is 3.08. The molecule has 1 saturated carbocycles. The van der Waals surface area contributed by atoms with Gasteiger partial charge in [-0.3, -0.25) is 4.79 Å². The number of rotatable bonds is 6. The van der Waals surface area contributed by atoms with Crippen LogP contribution in [-0.2, 0) is 10.5 Å². The molecule has 1 N–H and O–H groups in total. The minimum absolute atomic E-state index is 0.0397. The molecule has 7 heteroatoms. The summed E-state index contributed by atoms with van der Waals surface area (Å²) in [6.07, 6.45) is 2.15. The Labute approximate surface area is 138 Å². The molecule has 1 unspecified atom stereocenters. The van der Waals surface area contributed by atoms with Gasteiger partial charge in [0.15, 0.2) is 0 Å². The van der Waals surface area contributed by atoms with Crippen LogP contribution in [0.15, 0.2) is 22.7 Å². The zero-order chi connectivity index (χ0) is 16.4. The summed E-state index contributed by atoms with van der Waals surface area (Å²) in [6, 6.07) is 5.19. The number of nitrogens with one attached hydrogen (secondary N) is 1. The highest BCUT2D eigenvalue weighted by Gasteiger charge is 2.26. The van der Waals surface area contributed by atoms with E-state index in [0.717, 1.165) is 12.8 Å². The van der Waals surface area contributed by atoms with Crippen molar-refractivity contribution in [2.75, 3.05) is 0 Å². The smallest absolute Gasteiger partial charge is 0.236 e. The van der Waals surface area contributed by atoms with Crippen molar-refractivity contribution in [3.8, 4) is 11.4 Å². The minimum Gasteiger partial charge on any atom is -0.352 e. The van der Waals surface area contributed by atoms with Crippen molar-refractivity contribution in [3.63, 3.8) is 0 Å². The third kappa shape index (κ3) is 4.10. The van der Waals surface area contributed by atoms with Gasteiger partial charge in [0, 0.05) is 11.6 Å². The number of benzene rings is 1. The molecule has 1 aliphatic rings. The Bertz CT molecular complexity index is 715. The number of amides is 1. The molecule has 1 aromatic carbocycles. The van der Waals surface area contributed by atoms with Crippen molar-refractivity contribution in [3.05, 3.63) is 35.5 Å². The maximum absolute atomic E-state index is 13.6. The zero-order valence-electron chi connectivity index (χ0n) is 13.0. The van der Waals surface area contributed by atoms with Gasteiger partial charge in [0.1, 0.15) is 5.82 Å². The molecular weight excluding hydrogens is 317 g/mol. The number of hydrogen-bond donors (Lipinski definition) is 1. The first-order valence-corrected chi connectivity index (χ1v) is 8.59.